The van der Waals surface area contributed by atoms with E-state index in [-0.39, 0.29) is 24.1 Å². The first kappa shape index (κ1) is 21.8. The lowest BCUT2D eigenvalue weighted by atomic mass is 10.2. The molecule has 0 aliphatic rings. The van der Waals surface area contributed by atoms with Crippen LogP contribution in [-0.4, -0.2) is 44.8 Å². The molecular formula is C21H21Cl2N5O2. The van der Waals surface area contributed by atoms with E-state index in [4.69, 9.17) is 23.2 Å². The fourth-order valence-electron chi connectivity index (χ4n) is 2.80. The van der Waals surface area contributed by atoms with Crippen molar-refractivity contribution >= 4 is 35.0 Å². The van der Waals surface area contributed by atoms with E-state index in [0.29, 0.717) is 34.5 Å². The minimum absolute atomic E-state index is 0.0770. The van der Waals surface area contributed by atoms with Gasteiger partial charge in [0.1, 0.15) is 0 Å². The Morgan fingerprint density at radius 1 is 1.07 bits per heavy atom. The van der Waals surface area contributed by atoms with E-state index in [0.717, 1.165) is 5.56 Å². The molecule has 1 N–H and O–H groups in total. The molecule has 7 nitrogen and oxygen atoms in total. The summed E-state index contributed by atoms with van der Waals surface area (Å²) in [5.41, 5.74) is 2.23. The number of nitrogens with zero attached hydrogens (tertiary/aromatic N) is 4. The molecular weight excluding hydrogens is 425 g/mol. The van der Waals surface area contributed by atoms with Gasteiger partial charge in [0.25, 0.3) is 5.91 Å². The molecule has 156 valence electrons. The van der Waals surface area contributed by atoms with Gasteiger partial charge in [-0.2, -0.15) is 9.90 Å². The molecule has 0 atom stereocenters. The Bertz CT molecular complexity index is 1050. The molecule has 30 heavy (non-hydrogen) atoms. The maximum absolute atomic E-state index is 12.9. The number of aryl methyl sites for hydroxylation is 1. The fraction of sp³-hybridized carbons (Fsp3) is 0.238. The summed E-state index contributed by atoms with van der Waals surface area (Å²) >= 11 is 11.9. The summed E-state index contributed by atoms with van der Waals surface area (Å²) in [6, 6.07) is 14.2. The van der Waals surface area contributed by atoms with Gasteiger partial charge in [-0.3, -0.25) is 9.59 Å². The summed E-state index contributed by atoms with van der Waals surface area (Å²) in [4.78, 5) is 28.1. The van der Waals surface area contributed by atoms with Gasteiger partial charge in [-0.25, -0.2) is 0 Å². The SMILES string of the molecule is CCN(CC(=O)NCc1ccc(Cl)cc1)C(=O)c1nn(-c2cccc(Cl)c2)nc1C. The molecule has 1 heterocycles. The van der Waals surface area contributed by atoms with E-state index in [1.807, 2.05) is 12.1 Å². The van der Waals surface area contributed by atoms with Gasteiger partial charge in [-0.1, -0.05) is 41.4 Å². The molecule has 0 aliphatic heterocycles. The number of aromatic nitrogens is 3. The van der Waals surface area contributed by atoms with Gasteiger partial charge >= 0.3 is 0 Å². The number of hydrogen-bond donors (Lipinski definition) is 1. The Balaban J connectivity index is 1.66. The van der Waals surface area contributed by atoms with Gasteiger partial charge in [0.05, 0.1) is 17.9 Å². The van der Waals surface area contributed by atoms with Crippen LogP contribution in [0.3, 0.4) is 0 Å². The molecule has 0 saturated heterocycles. The van der Waals surface area contributed by atoms with Gasteiger partial charge in [0.2, 0.25) is 5.91 Å². The Labute approximate surface area is 184 Å². The van der Waals surface area contributed by atoms with Crippen molar-refractivity contribution in [3.8, 4) is 5.69 Å². The monoisotopic (exact) mass is 445 g/mol. The predicted octanol–water partition coefficient (Wildman–Crippen LogP) is 3.66. The Morgan fingerprint density at radius 2 is 1.80 bits per heavy atom. The Morgan fingerprint density at radius 3 is 2.47 bits per heavy atom. The number of hydrogen-bond acceptors (Lipinski definition) is 4. The molecule has 3 aromatic rings. The highest BCUT2D eigenvalue weighted by Crippen LogP contribution is 2.15. The normalized spacial score (nSPS) is 10.7. The maximum Gasteiger partial charge on any atom is 0.276 e. The van der Waals surface area contributed by atoms with Crippen LogP contribution in [0.2, 0.25) is 10.0 Å². The van der Waals surface area contributed by atoms with Crippen molar-refractivity contribution < 1.29 is 9.59 Å². The van der Waals surface area contributed by atoms with Crippen LogP contribution >= 0.6 is 23.2 Å². The van der Waals surface area contributed by atoms with E-state index >= 15 is 0 Å². The zero-order valence-electron chi connectivity index (χ0n) is 16.6. The van der Waals surface area contributed by atoms with Gasteiger partial charge in [-0.15, -0.1) is 5.10 Å². The molecule has 2 amide bonds. The molecule has 0 aliphatic carbocycles. The molecule has 1 aromatic heterocycles. The number of halogens is 2. The van der Waals surface area contributed by atoms with Crippen LogP contribution < -0.4 is 5.32 Å². The second-order valence-corrected chi connectivity index (χ2v) is 7.50. The second-order valence-electron chi connectivity index (χ2n) is 6.63. The van der Waals surface area contributed by atoms with E-state index in [1.54, 1.807) is 50.2 Å². The Hall–Kier alpha value is -2.90. The number of amides is 2. The number of rotatable bonds is 7. The van der Waals surface area contributed by atoms with E-state index < -0.39 is 0 Å². The molecule has 0 fully saturated rings. The molecule has 3 rings (SSSR count). The van der Waals surface area contributed by atoms with Crippen molar-refractivity contribution in [1.82, 2.24) is 25.2 Å². The number of carbonyl (C=O) groups is 2. The first-order valence-corrected chi connectivity index (χ1v) is 10.1. The largest absolute Gasteiger partial charge is 0.350 e. The predicted molar refractivity (Wildman–Crippen MR) is 116 cm³/mol. The lowest BCUT2D eigenvalue weighted by molar-refractivity contribution is -0.121. The summed E-state index contributed by atoms with van der Waals surface area (Å²) in [5, 5.41) is 12.6. The van der Waals surface area contributed by atoms with Crippen molar-refractivity contribution in [1.29, 1.82) is 0 Å². The van der Waals surface area contributed by atoms with Crippen LogP contribution in [0.25, 0.3) is 5.69 Å². The van der Waals surface area contributed by atoms with E-state index in [9.17, 15) is 9.59 Å². The quantitative estimate of drug-likeness (QED) is 0.601. The summed E-state index contributed by atoms with van der Waals surface area (Å²) in [5.74, 6) is -0.620. The third-order valence-corrected chi connectivity index (χ3v) is 4.92. The highest BCUT2D eigenvalue weighted by molar-refractivity contribution is 6.30. The number of nitrogens with one attached hydrogen (secondary N) is 1. The molecule has 0 spiro atoms. The minimum atomic E-state index is -0.357. The van der Waals surface area contributed by atoms with Crippen molar-refractivity contribution in [2.75, 3.05) is 13.1 Å². The van der Waals surface area contributed by atoms with E-state index in [1.165, 1.54) is 9.70 Å². The van der Waals surface area contributed by atoms with Gasteiger partial charge < -0.3 is 10.2 Å². The van der Waals surface area contributed by atoms with Crippen molar-refractivity contribution in [2.45, 2.75) is 20.4 Å². The fourth-order valence-corrected chi connectivity index (χ4v) is 3.11. The average molecular weight is 446 g/mol. The second kappa shape index (κ2) is 9.73. The highest BCUT2D eigenvalue weighted by Gasteiger charge is 2.23. The number of benzene rings is 2. The summed E-state index contributed by atoms with van der Waals surface area (Å²) in [7, 11) is 0. The summed E-state index contributed by atoms with van der Waals surface area (Å²) in [6.07, 6.45) is 0. The Kier molecular flexibility index (Phi) is 7.07. The van der Waals surface area contributed by atoms with E-state index in [2.05, 4.69) is 15.5 Å². The molecule has 0 bridgehead atoms. The average Bonchev–Trinajstić information content (AvgIpc) is 3.13. The first-order valence-electron chi connectivity index (χ1n) is 9.37. The standard InChI is InChI=1S/C21H21Cl2N5O2/c1-3-27(13-19(29)24-12-15-7-9-16(22)10-8-15)21(30)20-14(2)25-28(26-20)18-6-4-5-17(23)11-18/h4-11H,3,12-13H2,1-2H3,(H,24,29). The van der Waals surface area contributed by atoms with Crippen LogP contribution in [0.4, 0.5) is 0 Å². The smallest absolute Gasteiger partial charge is 0.276 e. The number of likely N-dealkylation sites (N-methyl/N-ethyl adjacent to an activating group) is 1. The van der Waals surface area contributed by atoms with Crippen LogP contribution in [0.15, 0.2) is 48.5 Å². The van der Waals surface area contributed by atoms with Crippen LogP contribution in [0.5, 0.6) is 0 Å². The molecule has 0 saturated carbocycles. The van der Waals surface area contributed by atoms with Crippen molar-refractivity contribution in [3.63, 3.8) is 0 Å². The molecule has 0 unspecified atom stereocenters. The van der Waals surface area contributed by atoms with Crippen LogP contribution in [0.1, 0.15) is 28.7 Å². The summed E-state index contributed by atoms with van der Waals surface area (Å²) < 4.78 is 0. The zero-order chi connectivity index (χ0) is 21.7. The van der Waals surface area contributed by atoms with Gasteiger partial charge in [0.15, 0.2) is 5.69 Å². The van der Waals surface area contributed by atoms with Crippen LogP contribution in [-0.2, 0) is 11.3 Å². The van der Waals surface area contributed by atoms with Gasteiger partial charge in [0, 0.05) is 23.1 Å². The number of carbonyl (C=O) groups excluding carboxylic acids is 2. The minimum Gasteiger partial charge on any atom is -0.350 e. The zero-order valence-corrected chi connectivity index (χ0v) is 18.1. The third kappa shape index (κ3) is 5.37. The summed E-state index contributed by atoms with van der Waals surface area (Å²) in [6.45, 7) is 4.14. The van der Waals surface area contributed by atoms with Gasteiger partial charge in [-0.05, 0) is 49.7 Å². The lowest BCUT2D eigenvalue weighted by Gasteiger charge is -2.19. The molecule has 2 aromatic carbocycles. The molecule has 9 heteroatoms. The first-order chi connectivity index (χ1) is 14.4. The van der Waals surface area contributed by atoms with Crippen molar-refractivity contribution in [3.05, 3.63) is 75.5 Å². The highest BCUT2D eigenvalue weighted by atomic mass is 35.5. The molecule has 0 radical (unpaired) electrons. The third-order valence-electron chi connectivity index (χ3n) is 4.43. The maximum atomic E-state index is 12.9. The van der Waals surface area contributed by atoms with Crippen LogP contribution in [0, 0.1) is 6.92 Å². The lowest BCUT2D eigenvalue weighted by Crippen LogP contribution is -2.40. The van der Waals surface area contributed by atoms with Crippen molar-refractivity contribution in [2.24, 2.45) is 0 Å². The topological polar surface area (TPSA) is 80.1 Å².